The van der Waals surface area contributed by atoms with Crippen molar-refractivity contribution in [3.8, 4) is 0 Å². The van der Waals surface area contributed by atoms with Gasteiger partial charge >= 0.3 is 0 Å². The summed E-state index contributed by atoms with van der Waals surface area (Å²) in [6.07, 6.45) is 1.21. The Morgan fingerprint density at radius 1 is 1.18 bits per heavy atom. The molecule has 0 fully saturated rings. The molecule has 2 heteroatoms. The van der Waals surface area contributed by atoms with Crippen LogP contribution in [0.2, 0.25) is 0 Å². The third kappa shape index (κ3) is 4.49. The second-order valence-electron chi connectivity index (χ2n) is 5.02. The zero-order valence-corrected chi connectivity index (χ0v) is 11.9. The van der Waals surface area contributed by atoms with Crippen molar-refractivity contribution in [3.63, 3.8) is 0 Å². The van der Waals surface area contributed by atoms with Crippen molar-refractivity contribution in [3.05, 3.63) is 34.9 Å². The lowest BCUT2D eigenvalue weighted by Gasteiger charge is -2.24. The van der Waals surface area contributed by atoms with Crippen molar-refractivity contribution in [2.24, 2.45) is 0 Å². The van der Waals surface area contributed by atoms with Crippen LogP contribution in [0.1, 0.15) is 36.1 Å². The molecule has 0 saturated heterocycles. The second-order valence-corrected chi connectivity index (χ2v) is 5.02. The van der Waals surface area contributed by atoms with E-state index in [0.717, 1.165) is 13.1 Å². The molecule has 1 unspecified atom stereocenters. The molecule has 0 aliphatic carbocycles. The highest BCUT2D eigenvalue weighted by Gasteiger charge is 2.12. The predicted molar refractivity (Wildman–Crippen MR) is 75.5 cm³/mol. The fraction of sp³-hybridized carbons (Fsp3) is 0.600. The molecule has 1 aromatic rings. The van der Waals surface area contributed by atoms with Gasteiger partial charge in [0.15, 0.2) is 0 Å². The quantitative estimate of drug-likeness (QED) is 0.814. The minimum atomic E-state index is 0.421. The summed E-state index contributed by atoms with van der Waals surface area (Å²) < 4.78 is 0. The summed E-state index contributed by atoms with van der Waals surface area (Å²) in [5, 5.41) is 3.42. The van der Waals surface area contributed by atoms with Gasteiger partial charge in [-0.2, -0.15) is 0 Å². The van der Waals surface area contributed by atoms with Gasteiger partial charge in [0.1, 0.15) is 0 Å². The summed E-state index contributed by atoms with van der Waals surface area (Å²) in [6.45, 7) is 8.77. The molecule has 0 saturated carbocycles. The molecule has 1 rings (SSSR count). The molecule has 2 nitrogen and oxygen atoms in total. The Hall–Kier alpha value is -0.860. The molecule has 1 N–H and O–H groups in total. The lowest BCUT2D eigenvalue weighted by molar-refractivity contribution is 0.297. The third-order valence-corrected chi connectivity index (χ3v) is 3.09. The van der Waals surface area contributed by atoms with Crippen LogP contribution in [0.3, 0.4) is 0 Å². The second kappa shape index (κ2) is 6.77. The summed E-state index contributed by atoms with van der Waals surface area (Å²) in [5.74, 6) is 0. The van der Waals surface area contributed by atoms with Gasteiger partial charge in [-0.25, -0.2) is 0 Å². The van der Waals surface area contributed by atoms with Gasteiger partial charge in [-0.1, -0.05) is 36.2 Å². The summed E-state index contributed by atoms with van der Waals surface area (Å²) in [4.78, 5) is 2.39. The van der Waals surface area contributed by atoms with Gasteiger partial charge in [-0.05, 0) is 46.5 Å². The first kappa shape index (κ1) is 14.2. The van der Waals surface area contributed by atoms with Crippen LogP contribution in [-0.4, -0.2) is 32.1 Å². The summed E-state index contributed by atoms with van der Waals surface area (Å²) in [7, 11) is 4.23. The molecule has 17 heavy (non-hydrogen) atoms. The van der Waals surface area contributed by atoms with Crippen LogP contribution in [0.5, 0.6) is 0 Å². The Bertz CT molecular complexity index is 327. The van der Waals surface area contributed by atoms with Gasteiger partial charge in [0.05, 0.1) is 0 Å². The summed E-state index contributed by atoms with van der Waals surface area (Å²) >= 11 is 0. The largest absolute Gasteiger partial charge is 0.312 e. The van der Waals surface area contributed by atoms with Gasteiger partial charge in [-0.3, -0.25) is 0 Å². The Kier molecular flexibility index (Phi) is 5.66. The lowest BCUT2D eigenvalue weighted by Crippen LogP contribution is -2.31. The number of hydrogen-bond donors (Lipinski definition) is 1. The van der Waals surface area contributed by atoms with E-state index in [1.165, 1.54) is 23.1 Å². The van der Waals surface area contributed by atoms with E-state index in [1.807, 2.05) is 7.05 Å². The van der Waals surface area contributed by atoms with E-state index in [-0.39, 0.29) is 0 Å². The van der Waals surface area contributed by atoms with E-state index < -0.39 is 0 Å². The third-order valence-electron chi connectivity index (χ3n) is 3.09. The Labute approximate surface area is 106 Å². The van der Waals surface area contributed by atoms with Crippen molar-refractivity contribution >= 4 is 0 Å². The van der Waals surface area contributed by atoms with E-state index in [9.17, 15) is 0 Å². The Morgan fingerprint density at radius 3 is 2.24 bits per heavy atom. The summed E-state index contributed by atoms with van der Waals surface area (Å²) in [5.41, 5.74) is 4.09. The number of benzene rings is 1. The minimum Gasteiger partial charge on any atom is -0.312 e. The van der Waals surface area contributed by atoms with Crippen molar-refractivity contribution in [1.29, 1.82) is 0 Å². The zero-order valence-electron chi connectivity index (χ0n) is 11.9. The van der Waals surface area contributed by atoms with Crippen molar-refractivity contribution in [1.82, 2.24) is 10.2 Å². The number of aryl methyl sites for hydroxylation is 2. The molecule has 1 atom stereocenters. The highest BCUT2D eigenvalue weighted by atomic mass is 15.1. The molecule has 0 bridgehead atoms. The maximum atomic E-state index is 3.42. The highest BCUT2D eigenvalue weighted by Crippen LogP contribution is 2.17. The predicted octanol–water partition coefficient (Wildman–Crippen LogP) is 2.91. The topological polar surface area (TPSA) is 15.3 Å². The first-order valence-corrected chi connectivity index (χ1v) is 6.50. The van der Waals surface area contributed by atoms with E-state index in [1.54, 1.807) is 0 Å². The number of nitrogens with one attached hydrogen (secondary N) is 1. The Morgan fingerprint density at radius 2 is 1.76 bits per heavy atom. The molecule has 0 aliphatic heterocycles. The first-order chi connectivity index (χ1) is 8.06. The average Bonchev–Trinajstić information content (AvgIpc) is 2.24. The minimum absolute atomic E-state index is 0.421. The van der Waals surface area contributed by atoms with Gasteiger partial charge in [0, 0.05) is 12.6 Å². The molecule has 0 spiro atoms. The maximum absolute atomic E-state index is 3.42. The molecular formula is C15H26N2. The number of hydrogen-bond acceptors (Lipinski definition) is 2. The molecular weight excluding hydrogens is 208 g/mol. The van der Waals surface area contributed by atoms with Crippen LogP contribution in [0.4, 0.5) is 0 Å². The summed E-state index contributed by atoms with van der Waals surface area (Å²) in [6, 6.07) is 7.22. The number of rotatable bonds is 6. The molecule has 0 heterocycles. The SMILES string of the molecule is CCCN(C)CC(NC)c1cc(C)cc(C)c1. The van der Waals surface area contributed by atoms with E-state index in [4.69, 9.17) is 0 Å². The van der Waals surface area contributed by atoms with Crippen LogP contribution in [0.15, 0.2) is 18.2 Å². The monoisotopic (exact) mass is 234 g/mol. The lowest BCUT2D eigenvalue weighted by atomic mass is 10.0. The van der Waals surface area contributed by atoms with E-state index in [0.29, 0.717) is 6.04 Å². The van der Waals surface area contributed by atoms with E-state index in [2.05, 4.69) is 56.2 Å². The molecule has 0 aliphatic rings. The van der Waals surface area contributed by atoms with Crippen molar-refractivity contribution < 1.29 is 0 Å². The van der Waals surface area contributed by atoms with Crippen LogP contribution in [0.25, 0.3) is 0 Å². The molecule has 0 amide bonds. The van der Waals surface area contributed by atoms with Gasteiger partial charge in [-0.15, -0.1) is 0 Å². The van der Waals surface area contributed by atoms with E-state index >= 15 is 0 Å². The van der Waals surface area contributed by atoms with Gasteiger partial charge < -0.3 is 10.2 Å². The van der Waals surface area contributed by atoms with Crippen LogP contribution in [0, 0.1) is 13.8 Å². The molecule has 0 aromatic heterocycles. The molecule has 1 aromatic carbocycles. The average molecular weight is 234 g/mol. The fourth-order valence-electron chi connectivity index (χ4n) is 2.36. The Balaban J connectivity index is 2.78. The standard InChI is InChI=1S/C15H26N2/c1-6-7-17(5)11-15(16-4)14-9-12(2)8-13(3)10-14/h8-10,15-16H,6-7,11H2,1-5H3. The first-order valence-electron chi connectivity index (χ1n) is 6.50. The van der Waals surface area contributed by atoms with Crippen molar-refractivity contribution in [2.45, 2.75) is 33.2 Å². The smallest absolute Gasteiger partial charge is 0.0446 e. The van der Waals surface area contributed by atoms with Gasteiger partial charge in [0.25, 0.3) is 0 Å². The molecule has 96 valence electrons. The van der Waals surface area contributed by atoms with Crippen LogP contribution < -0.4 is 5.32 Å². The van der Waals surface area contributed by atoms with Crippen LogP contribution in [-0.2, 0) is 0 Å². The number of nitrogens with zero attached hydrogens (tertiary/aromatic N) is 1. The van der Waals surface area contributed by atoms with Crippen LogP contribution >= 0.6 is 0 Å². The zero-order chi connectivity index (χ0) is 12.8. The number of likely N-dealkylation sites (N-methyl/N-ethyl adjacent to an activating group) is 2. The van der Waals surface area contributed by atoms with Crippen molar-refractivity contribution in [2.75, 3.05) is 27.2 Å². The maximum Gasteiger partial charge on any atom is 0.0446 e. The molecule has 0 radical (unpaired) electrons. The fourth-order valence-corrected chi connectivity index (χ4v) is 2.36. The normalized spacial score (nSPS) is 13.1. The van der Waals surface area contributed by atoms with Gasteiger partial charge in [0.2, 0.25) is 0 Å². The highest BCUT2D eigenvalue weighted by molar-refractivity contribution is 5.30.